The summed E-state index contributed by atoms with van der Waals surface area (Å²) in [7, 11) is -9.55. The minimum absolute atomic E-state index is 0.0444. The minimum Gasteiger partial charge on any atom is -0.457 e. The minimum atomic E-state index is -4.82. The molecule has 0 saturated carbocycles. The van der Waals surface area contributed by atoms with Crippen molar-refractivity contribution in [3.63, 3.8) is 0 Å². The van der Waals surface area contributed by atoms with Crippen molar-refractivity contribution >= 4 is 40.5 Å². The molecule has 3 N–H and O–H groups in total. The Morgan fingerprint density at radius 3 is 0.936 bits per heavy atom. The molecule has 5 atom stereocenters. The molecule has 0 aromatic carbocycles. The number of ether oxygens (including phenoxy) is 4. The number of aliphatic hydroxyl groups is 1. The van der Waals surface area contributed by atoms with E-state index in [-0.39, 0.29) is 26.2 Å². The topological polar surface area (TPSA) is 237 Å². The summed E-state index contributed by atoms with van der Waals surface area (Å²) in [6.07, 6.45) is 68.7. The SMILES string of the molecule is CCCCCCCCCCCCCCCC(=O)O[C@H](COCCCCCCCCC/C=C\CCCCCCC=O)COP(=O)(O)OC[C@@H](O)COP(=O)(O)OC[C@@H](COCCCCCCC/C=C\CCCCCCC=O)OCCCCCCC/C=C\CCCCCCC=O. The number of unbranched alkanes of at least 4 members (excludes halogenated alkanes) is 44. The van der Waals surface area contributed by atoms with Gasteiger partial charge in [0.2, 0.25) is 0 Å². The van der Waals surface area contributed by atoms with Gasteiger partial charge in [-0.3, -0.25) is 22.9 Å². The molecule has 94 heavy (non-hydrogen) atoms. The first-order chi connectivity index (χ1) is 46.0. The van der Waals surface area contributed by atoms with E-state index in [2.05, 4.69) is 43.4 Å². The lowest BCUT2D eigenvalue weighted by Crippen LogP contribution is -2.29. The van der Waals surface area contributed by atoms with Gasteiger partial charge in [-0.2, -0.15) is 0 Å². The molecule has 0 saturated heterocycles. The van der Waals surface area contributed by atoms with Crippen LogP contribution in [0.5, 0.6) is 0 Å². The molecule has 0 aromatic heterocycles. The third-order valence-electron chi connectivity index (χ3n) is 16.6. The fraction of sp³-hybridized carbons (Fsp3) is 0.867. The number of esters is 1. The quantitative estimate of drug-likeness (QED) is 0.0169. The summed E-state index contributed by atoms with van der Waals surface area (Å²) in [5, 5.41) is 10.6. The molecule has 0 fully saturated rings. The lowest BCUT2D eigenvalue weighted by Gasteiger charge is -2.21. The maximum atomic E-state index is 13.1. The highest BCUT2D eigenvalue weighted by Crippen LogP contribution is 2.45. The van der Waals surface area contributed by atoms with E-state index < -0.39 is 59.7 Å². The molecule has 0 aromatic rings. The van der Waals surface area contributed by atoms with Crippen molar-refractivity contribution in [3.05, 3.63) is 36.5 Å². The molecule has 0 heterocycles. The van der Waals surface area contributed by atoms with Crippen LogP contribution in [-0.4, -0.2) is 117 Å². The van der Waals surface area contributed by atoms with Crippen molar-refractivity contribution in [2.75, 3.05) is 59.5 Å². The number of phosphoric acid groups is 2. The second-order valence-electron chi connectivity index (χ2n) is 25.8. The molecule has 0 spiro atoms. The van der Waals surface area contributed by atoms with E-state index in [4.69, 9.17) is 37.0 Å². The van der Waals surface area contributed by atoms with Crippen LogP contribution in [0.15, 0.2) is 36.5 Å². The number of carbonyl (C=O) groups is 4. The molecular weight excluding hydrogens is 1230 g/mol. The van der Waals surface area contributed by atoms with E-state index in [0.29, 0.717) is 45.5 Å². The number of rotatable bonds is 79. The van der Waals surface area contributed by atoms with Gasteiger partial charge in [0.15, 0.2) is 0 Å². The van der Waals surface area contributed by atoms with Gasteiger partial charge in [0, 0.05) is 45.5 Å². The molecule has 19 heteroatoms. The second-order valence-corrected chi connectivity index (χ2v) is 28.7. The van der Waals surface area contributed by atoms with Crippen LogP contribution in [0.4, 0.5) is 0 Å². The van der Waals surface area contributed by atoms with Gasteiger partial charge in [0.05, 0.1) is 39.6 Å². The van der Waals surface area contributed by atoms with Crippen molar-refractivity contribution < 1.29 is 80.2 Å². The lowest BCUT2D eigenvalue weighted by molar-refractivity contribution is -0.154. The third-order valence-corrected chi connectivity index (χ3v) is 18.5. The Morgan fingerprint density at radius 2 is 0.596 bits per heavy atom. The van der Waals surface area contributed by atoms with Gasteiger partial charge < -0.3 is 48.2 Å². The van der Waals surface area contributed by atoms with Crippen molar-refractivity contribution in [1.82, 2.24) is 0 Å². The largest absolute Gasteiger partial charge is 0.472 e. The number of phosphoric ester groups is 2. The van der Waals surface area contributed by atoms with Crippen LogP contribution in [0, 0.1) is 0 Å². The van der Waals surface area contributed by atoms with Crippen LogP contribution < -0.4 is 0 Å². The Hall–Kier alpha value is -2.24. The summed E-state index contributed by atoms with van der Waals surface area (Å²) in [5.74, 6) is -0.447. The molecule has 0 radical (unpaired) electrons. The predicted molar refractivity (Wildman–Crippen MR) is 382 cm³/mol. The van der Waals surface area contributed by atoms with Crippen LogP contribution in [0.25, 0.3) is 0 Å². The summed E-state index contributed by atoms with van der Waals surface area (Å²) in [5.41, 5.74) is 0. The lowest BCUT2D eigenvalue weighted by atomic mass is 10.0. The summed E-state index contributed by atoms with van der Waals surface area (Å²) < 4.78 is 70.5. The average molecular weight is 1380 g/mol. The Bertz CT molecular complexity index is 1840. The van der Waals surface area contributed by atoms with Gasteiger partial charge in [-0.25, -0.2) is 9.13 Å². The smallest absolute Gasteiger partial charge is 0.457 e. The highest BCUT2D eigenvalue weighted by molar-refractivity contribution is 7.47. The van der Waals surface area contributed by atoms with E-state index in [1.807, 2.05) is 0 Å². The van der Waals surface area contributed by atoms with Gasteiger partial charge in [-0.1, -0.05) is 230 Å². The van der Waals surface area contributed by atoms with Gasteiger partial charge in [0.1, 0.15) is 37.2 Å². The molecular formula is C75H140O17P2. The fourth-order valence-electron chi connectivity index (χ4n) is 10.8. The summed E-state index contributed by atoms with van der Waals surface area (Å²) in [6.45, 7) is 1.36. The Balaban J connectivity index is 5.09. The van der Waals surface area contributed by atoms with Crippen LogP contribution in [0.2, 0.25) is 0 Å². The first-order valence-electron chi connectivity index (χ1n) is 38.1. The number of allylic oxidation sites excluding steroid dienone is 6. The fourth-order valence-corrected chi connectivity index (χ4v) is 12.4. The van der Waals surface area contributed by atoms with Crippen LogP contribution in [0.3, 0.4) is 0 Å². The van der Waals surface area contributed by atoms with E-state index in [0.717, 1.165) is 218 Å². The monoisotopic (exact) mass is 1370 g/mol. The van der Waals surface area contributed by atoms with E-state index in [1.165, 1.54) is 103 Å². The van der Waals surface area contributed by atoms with Crippen molar-refractivity contribution in [3.8, 4) is 0 Å². The maximum Gasteiger partial charge on any atom is 0.472 e. The molecule has 0 rings (SSSR count). The Kier molecular flexibility index (Phi) is 71.7. The number of hydrogen-bond acceptors (Lipinski definition) is 15. The summed E-state index contributed by atoms with van der Waals surface area (Å²) in [6, 6.07) is 0. The van der Waals surface area contributed by atoms with E-state index in [1.54, 1.807) is 0 Å². The molecule has 0 amide bonds. The normalized spacial score (nSPS) is 14.3. The highest BCUT2D eigenvalue weighted by Gasteiger charge is 2.29. The number of aliphatic hydroxyl groups excluding tert-OH is 1. The van der Waals surface area contributed by atoms with Crippen LogP contribution >= 0.6 is 15.6 Å². The van der Waals surface area contributed by atoms with E-state index in [9.17, 15) is 43.2 Å². The van der Waals surface area contributed by atoms with Gasteiger partial charge in [0.25, 0.3) is 0 Å². The molecule has 17 nitrogen and oxygen atoms in total. The first kappa shape index (κ1) is 91.8. The summed E-state index contributed by atoms with van der Waals surface area (Å²) >= 11 is 0. The van der Waals surface area contributed by atoms with Gasteiger partial charge in [-0.05, 0) is 122 Å². The Morgan fingerprint density at radius 1 is 0.330 bits per heavy atom. The predicted octanol–water partition coefficient (Wildman–Crippen LogP) is 20.5. The third kappa shape index (κ3) is 72.5. The van der Waals surface area contributed by atoms with Gasteiger partial charge in [-0.15, -0.1) is 0 Å². The second kappa shape index (κ2) is 73.5. The van der Waals surface area contributed by atoms with Crippen molar-refractivity contribution in [1.29, 1.82) is 0 Å². The van der Waals surface area contributed by atoms with Gasteiger partial charge >= 0.3 is 21.6 Å². The molecule has 0 aliphatic rings. The first-order valence-corrected chi connectivity index (χ1v) is 41.1. The van der Waals surface area contributed by atoms with E-state index >= 15 is 0 Å². The maximum absolute atomic E-state index is 13.1. The standard InChI is InChI=1S/C75H140O17P2/c1-2-3-4-5-6-7-8-17-24-31-38-45-52-59-75(80)92-74(69-86-64-57-50-43-36-29-21-14-10-9-11-18-25-32-39-46-53-60-76)71-91-94(83,84)89-67-72(79)66-88-93(81,82)90-70-73(87-65-58-51-44-37-30-23-16-13-20-27-34-41-48-55-62-78)68-85-63-56-49-42-35-28-22-15-12-19-26-33-40-47-54-61-77/h9,11-13,15-16,60-62,72-74,79H,2-8,10,14,17-59,63-71H2,1H3,(H,81,82)(H,83,84)/b11-9-,15-12-,16-13-/t72-,73+,74+/m0/s1. The molecule has 0 aliphatic heterocycles. The number of aldehydes is 3. The molecule has 552 valence electrons. The Labute approximate surface area is 573 Å². The van der Waals surface area contributed by atoms with Crippen molar-refractivity contribution in [2.45, 2.75) is 359 Å². The zero-order valence-electron chi connectivity index (χ0n) is 59.5. The zero-order chi connectivity index (χ0) is 68.5. The highest BCUT2D eigenvalue weighted by atomic mass is 31.2. The molecule has 0 bridgehead atoms. The average Bonchev–Trinajstić information content (AvgIpc) is 2.96. The van der Waals surface area contributed by atoms with Crippen LogP contribution in [-0.2, 0) is 65.4 Å². The number of carbonyl (C=O) groups excluding carboxylic acids is 4. The molecule has 0 aliphatic carbocycles. The van der Waals surface area contributed by atoms with Crippen LogP contribution in [0.1, 0.15) is 341 Å². The van der Waals surface area contributed by atoms with Crippen molar-refractivity contribution in [2.24, 2.45) is 0 Å². The molecule has 2 unspecified atom stereocenters. The summed E-state index contributed by atoms with van der Waals surface area (Å²) in [4.78, 5) is 65.6. The zero-order valence-corrected chi connectivity index (χ0v) is 61.3. The number of hydrogen-bond donors (Lipinski definition) is 3.